The molecule has 6 heteroatoms. The van der Waals surface area contributed by atoms with Gasteiger partial charge in [-0.1, -0.05) is 54.6 Å². The molecule has 34 heavy (non-hydrogen) atoms. The SMILES string of the molecule is Cc1[nH]c2c(-c3ccccc3)c(-c3ccc(N)cc3)nn2c(=O)c1-c1ccc2ncccc2c1. The van der Waals surface area contributed by atoms with E-state index in [0.29, 0.717) is 16.9 Å². The predicted molar refractivity (Wildman–Crippen MR) is 137 cm³/mol. The molecule has 3 aromatic heterocycles. The van der Waals surface area contributed by atoms with Crippen LogP contribution >= 0.6 is 0 Å². The van der Waals surface area contributed by atoms with Crippen LogP contribution in [0.2, 0.25) is 0 Å². The highest BCUT2D eigenvalue weighted by Crippen LogP contribution is 2.35. The van der Waals surface area contributed by atoms with E-state index in [1.54, 1.807) is 6.20 Å². The molecule has 0 fully saturated rings. The van der Waals surface area contributed by atoms with Gasteiger partial charge in [-0.3, -0.25) is 9.78 Å². The van der Waals surface area contributed by atoms with Crippen LogP contribution in [0.3, 0.4) is 0 Å². The zero-order valence-electron chi connectivity index (χ0n) is 18.5. The van der Waals surface area contributed by atoms with Gasteiger partial charge in [0.1, 0.15) is 11.3 Å². The van der Waals surface area contributed by atoms with Crippen molar-refractivity contribution in [2.24, 2.45) is 0 Å². The molecule has 0 aliphatic rings. The van der Waals surface area contributed by atoms with E-state index >= 15 is 0 Å². The Bertz CT molecular complexity index is 1730. The van der Waals surface area contributed by atoms with Gasteiger partial charge in [-0.2, -0.15) is 9.61 Å². The molecule has 0 aliphatic carbocycles. The minimum atomic E-state index is -0.173. The molecule has 6 nitrogen and oxygen atoms in total. The Hall–Kier alpha value is -4.71. The Kier molecular flexibility index (Phi) is 4.52. The van der Waals surface area contributed by atoms with Gasteiger partial charge in [-0.25, -0.2) is 0 Å². The van der Waals surface area contributed by atoms with Gasteiger partial charge in [-0.15, -0.1) is 0 Å². The molecule has 0 atom stereocenters. The van der Waals surface area contributed by atoms with Crippen LogP contribution in [0.4, 0.5) is 5.69 Å². The molecule has 164 valence electrons. The first-order valence-electron chi connectivity index (χ1n) is 11.0. The number of benzene rings is 3. The fourth-order valence-electron chi connectivity index (χ4n) is 4.48. The highest BCUT2D eigenvalue weighted by Gasteiger charge is 2.21. The summed E-state index contributed by atoms with van der Waals surface area (Å²) in [4.78, 5) is 21.7. The average Bonchev–Trinajstić information content (AvgIpc) is 3.24. The number of pyridine rings is 1. The minimum absolute atomic E-state index is 0.173. The summed E-state index contributed by atoms with van der Waals surface area (Å²) in [6, 6.07) is 27.3. The van der Waals surface area contributed by atoms with Crippen LogP contribution in [0.1, 0.15) is 5.69 Å². The molecule has 0 radical (unpaired) electrons. The first kappa shape index (κ1) is 19.9. The fraction of sp³-hybridized carbons (Fsp3) is 0.0357. The number of aromatic nitrogens is 4. The number of hydrogen-bond acceptors (Lipinski definition) is 4. The molecule has 0 spiro atoms. The first-order chi connectivity index (χ1) is 16.6. The molecule has 0 bridgehead atoms. The van der Waals surface area contributed by atoms with Gasteiger partial charge >= 0.3 is 0 Å². The van der Waals surface area contributed by atoms with E-state index in [1.165, 1.54) is 4.52 Å². The van der Waals surface area contributed by atoms with Crippen molar-refractivity contribution in [2.45, 2.75) is 6.92 Å². The molecule has 0 unspecified atom stereocenters. The van der Waals surface area contributed by atoms with E-state index in [4.69, 9.17) is 10.8 Å². The van der Waals surface area contributed by atoms with E-state index in [9.17, 15) is 4.79 Å². The van der Waals surface area contributed by atoms with Crippen LogP contribution in [-0.4, -0.2) is 19.6 Å². The number of aromatic amines is 1. The highest BCUT2D eigenvalue weighted by atomic mass is 16.1. The molecule has 0 aliphatic heterocycles. The third-order valence-corrected chi connectivity index (χ3v) is 6.11. The molecule has 0 saturated heterocycles. The molecular formula is C28H21N5O. The van der Waals surface area contributed by atoms with Crippen molar-refractivity contribution in [3.63, 3.8) is 0 Å². The van der Waals surface area contributed by atoms with Gasteiger partial charge in [0, 0.05) is 28.5 Å². The maximum Gasteiger partial charge on any atom is 0.282 e. The summed E-state index contributed by atoms with van der Waals surface area (Å²) < 4.78 is 1.48. The van der Waals surface area contributed by atoms with E-state index in [-0.39, 0.29) is 5.56 Å². The lowest BCUT2D eigenvalue weighted by atomic mass is 10.0. The molecular weight excluding hydrogens is 422 g/mol. The molecule has 0 amide bonds. The number of nitrogens with two attached hydrogens (primary N) is 1. The summed E-state index contributed by atoms with van der Waals surface area (Å²) in [6.45, 7) is 1.93. The van der Waals surface area contributed by atoms with Crippen molar-refractivity contribution < 1.29 is 0 Å². The van der Waals surface area contributed by atoms with Crippen LogP contribution in [0, 0.1) is 6.92 Å². The number of rotatable bonds is 3. The molecule has 3 N–H and O–H groups in total. The monoisotopic (exact) mass is 443 g/mol. The molecule has 0 saturated carbocycles. The lowest BCUT2D eigenvalue weighted by molar-refractivity contribution is 0.897. The fourth-order valence-corrected chi connectivity index (χ4v) is 4.48. The van der Waals surface area contributed by atoms with Crippen molar-refractivity contribution >= 4 is 22.2 Å². The Morgan fingerprint density at radius 2 is 1.59 bits per heavy atom. The number of nitrogens with one attached hydrogen (secondary N) is 1. The van der Waals surface area contributed by atoms with Crippen molar-refractivity contribution in [3.8, 4) is 33.5 Å². The van der Waals surface area contributed by atoms with Crippen molar-refractivity contribution in [2.75, 3.05) is 5.73 Å². The molecule has 6 rings (SSSR count). The topological polar surface area (TPSA) is 89.1 Å². The second-order valence-electron chi connectivity index (χ2n) is 8.31. The number of H-pyrrole nitrogens is 1. The number of fused-ring (bicyclic) bond motifs is 2. The van der Waals surface area contributed by atoms with Crippen LogP contribution in [0.25, 0.3) is 50.1 Å². The third-order valence-electron chi connectivity index (χ3n) is 6.11. The van der Waals surface area contributed by atoms with E-state index < -0.39 is 0 Å². The Balaban J connectivity index is 1.65. The van der Waals surface area contributed by atoms with Gasteiger partial charge in [0.05, 0.1) is 16.6 Å². The number of nitrogens with zero attached hydrogens (tertiary/aromatic N) is 3. The zero-order valence-corrected chi connectivity index (χ0v) is 18.5. The van der Waals surface area contributed by atoms with E-state index in [2.05, 4.69) is 9.97 Å². The smallest absolute Gasteiger partial charge is 0.282 e. The maximum atomic E-state index is 13.8. The number of anilines is 1. The van der Waals surface area contributed by atoms with Gasteiger partial charge < -0.3 is 10.7 Å². The number of hydrogen-bond donors (Lipinski definition) is 2. The Labute approximate surface area is 195 Å². The standard InChI is InChI=1S/C28H21N5O/c1-17-24(21-11-14-23-20(16-21)8-5-15-30-23)28(34)33-27(31-17)25(18-6-3-2-4-7-18)26(32-33)19-9-12-22(29)13-10-19/h2-16,31H,29H2,1H3. The summed E-state index contributed by atoms with van der Waals surface area (Å²) in [7, 11) is 0. The van der Waals surface area contributed by atoms with Crippen LogP contribution < -0.4 is 11.3 Å². The largest absolute Gasteiger partial charge is 0.399 e. The van der Waals surface area contributed by atoms with Gasteiger partial charge in [0.25, 0.3) is 5.56 Å². The molecule has 3 aromatic carbocycles. The molecule has 3 heterocycles. The zero-order chi connectivity index (χ0) is 23.2. The normalized spacial score (nSPS) is 11.3. The Morgan fingerprint density at radius 3 is 2.38 bits per heavy atom. The molecule has 6 aromatic rings. The summed E-state index contributed by atoms with van der Waals surface area (Å²) in [5.41, 5.74) is 13.6. The lowest BCUT2D eigenvalue weighted by Gasteiger charge is -2.09. The number of nitrogen functional groups attached to an aromatic ring is 1. The first-order valence-corrected chi connectivity index (χ1v) is 11.0. The highest BCUT2D eigenvalue weighted by molar-refractivity contribution is 5.91. The minimum Gasteiger partial charge on any atom is -0.399 e. The maximum absolute atomic E-state index is 13.8. The average molecular weight is 444 g/mol. The van der Waals surface area contributed by atoms with Gasteiger partial charge in [0.15, 0.2) is 0 Å². The van der Waals surface area contributed by atoms with Crippen LogP contribution in [0.5, 0.6) is 0 Å². The second kappa shape index (κ2) is 7.71. The summed E-state index contributed by atoms with van der Waals surface area (Å²) in [5, 5.41) is 5.78. The number of aryl methyl sites for hydroxylation is 1. The Morgan fingerprint density at radius 1 is 0.824 bits per heavy atom. The van der Waals surface area contributed by atoms with Gasteiger partial charge in [0.2, 0.25) is 0 Å². The quantitative estimate of drug-likeness (QED) is 0.355. The summed E-state index contributed by atoms with van der Waals surface area (Å²) >= 11 is 0. The third kappa shape index (κ3) is 3.16. The van der Waals surface area contributed by atoms with Crippen molar-refractivity contribution in [1.82, 2.24) is 19.6 Å². The lowest BCUT2D eigenvalue weighted by Crippen LogP contribution is -2.19. The van der Waals surface area contributed by atoms with E-state index in [1.807, 2.05) is 91.9 Å². The predicted octanol–water partition coefficient (Wildman–Crippen LogP) is 5.46. The van der Waals surface area contributed by atoms with Gasteiger partial charge in [-0.05, 0) is 48.4 Å². The van der Waals surface area contributed by atoms with Crippen LogP contribution in [0.15, 0.2) is 95.9 Å². The van der Waals surface area contributed by atoms with Crippen LogP contribution in [-0.2, 0) is 0 Å². The van der Waals surface area contributed by atoms with E-state index in [0.717, 1.165) is 44.5 Å². The summed E-state index contributed by atoms with van der Waals surface area (Å²) in [5.74, 6) is 0. The van der Waals surface area contributed by atoms with Crippen molar-refractivity contribution in [3.05, 3.63) is 107 Å². The summed E-state index contributed by atoms with van der Waals surface area (Å²) in [6.07, 6.45) is 1.76. The van der Waals surface area contributed by atoms with Crippen molar-refractivity contribution in [1.29, 1.82) is 0 Å². The second-order valence-corrected chi connectivity index (χ2v) is 8.31.